The molecule has 5 heteroatoms. The summed E-state index contributed by atoms with van der Waals surface area (Å²) in [5, 5.41) is 1.85. The number of rotatable bonds is 3. The zero-order chi connectivity index (χ0) is 19.3. The topological polar surface area (TPSA) is 35.5 Å². The Hall–Kier alpha value is -2.50. The second kappa shape index (κ2) is 6.83. The third-order valence-corrected chi connectivity index (χ3v) is 5.80. The van der Waals surface area contributed by atoms with E-state index < -0.39 is 0 Å². The molecule has 0 amide bonds. The molecule has 0 aliphatic heterocycles. The largest absolute Gasteiger partial charge is 0.496 e. The molecule has 5 rings (SSSR count). The first-order valence-electron chi connectivity index (χ1n) is 8.68. The van der Waals surface area contributed by atoms with Crippen LogP contribution in [0, 0.1) is 0 Å². The highest BCUT2D eigenvalue weighted by Gasteiger charge is 2.18. The van der Waals surface area contributed by atoms with Crippen molar-refractivity contribution in [2.45, 2.75) is 0 Å². The molecule has 3 aromatic carbocycles. The predicted molar refractivity (Wildman–Crippen MR) is 119 cm³/mol. The fourth-order valence-corrected chi connectivity index (χ4v) is 3.87. The number of methoxy groups -OCH3 is 1. The zero-order valence-corrected chi connectivity index (χ0v) is 18.0. The summed E-state index contributed by atoms with van der Waals surface area (Å²) in [5.74, 6) is 2.31. The van der Waals surface area contributed by atoms with Crippen LogP contribution in [-0.4, -0.2) is 7.11 Å². The number of fused-ring (bicyclic) bond motifs is 3. The number of hydrogen-bond acceptors (Lipinski definition) is 3. The molecule has 2 heterocycles. The van der Waals surface area contributed by atoms with E-state index in [9.17, 15) is 0 Å². The molecule has 138 valence electrons. The van der Waals surface area contributed by atoms with E-state index in [2.05, 4.69) is 31.9 Å². The van der Waals surface area contributed by atoms with Crippen molar-refractivity contribution in [3.8, 4) is 28.4 Å². The lowest BCUT2D eigenvalue weighted by Gasteiger charge is -2.00. The molecular formula is C23H14Br2O3. The van der Waals surface area contributed by atoms with E-state index in [0.29, 0.717) is 0 Å². The van der Waals surface area contributed by atoms with Crippen LogP contribution in [0.1, 0.15) is 0 Å². The monoisotopic (exact) mass is 496 g/mol. The average molecular weight is 498 g/mol. The minimum absolute atomic E-state index is 0.728. The summed E-state index contributed by atoms with van der Waals surface area (Å²) >= 11 is 6.94. The molecule has 0 fully saturated rings. The van der Waals surface area contributed by atoms with Gasteiger partial charge in [-0.05, 0) is 36.4 Å². The fraction of sp³-hybridized carbons (Fsp3) is 0.0435. The number of hydrogen-bond donors (Lipinski definition) is 0. The van der Waals surface area contributed by atoms with E-state index in [1.165, 1.54) is 0 Å². The lowest BCUT2D eigenvalue weighted by Crippen LogP contribution is -1.82. The average Bonchev–Trinajstić information content (AvgIpc) is 3.32. The molecule has 5 aromatic rings. The van der Waals surface area contributed by atoms with Gasteiger partial charge in [-0.1, -0.05) is 56.1 Å². The summed E-state index contributed by atoms with van der Waals surface area (Å²) in [6.07, 6.45) is 0. The molecule has 0 unspecified atom stereocenters. The molecule has 0 bridgehead atoms. The van der Waals surface area contributed by atoms with Gasteiger partial charge in [-0.2, -0.15) is 0 Å². The van der Waals surface area contributed by atoms with Crippen molar-refractivity contribution in [3.63, 3.8) is 0 Å². The van der Waals surface area contributed by atoms with Gasteiger partial charge >= 0.3 is 0 Å². The standard InChI is InChI=1S/C23H14Br2O3/c1-26-21-12-22-18(11-19(27-22)13-2-6-15(24)7-3-13)23-17(21)10-20(28-23)14-4-8-16(25)9-5-14/h2-12H,1H3. The lowest BCUT2D eigenvalue weighted by molar-refractivity contribution is 0.419. The fourth-order valence-electron chi connectivity index (χ4n) is 3.34. The normalized spacial score (nSPS) is 11.4. The second-order valence-electron chi connectivity index (χ2n) is 6.47. The molecule has 2 aromatic heterocycles. The highest BCUT2D eigenvalue weighted by molar-refractivity contribution is 9.10. The third-order valence-electron chi connectivity index (χ3n) is 4.74. The van der Waals surface area contributed by atoms with Gasteiger partial charge in [0.1, 0.15) is 28.4 Å². The minimum Gasteiger partial charge on any atom is -0.496 e. The lowest BCUT2D eigenvalue weighted by atomic mass is 10.1. The molecule has 0 atom stereocenters. The third kappa shape index (κ3) is 2.95. The predicted octanol–water partition coefficient (Wildman–Crippen LogP) is 8.05. The van der Waals surface area contributed by atoms with Crippen LogP contribution in [0.25, 0.3) is 44.6 Å². The van der Waals surface area contributed by atoms with Crippen LogP contribution in [0.4, 0.5) is 0 Å². The summed E-state index contributed by atoms with van der Waals surface area (Å²) in [6.45, 7) is 0. The Morgan fingerprint density at radius 3 is 1.79 bits per heavy atom. The van der Waals surface area contributed by atoms with Crippen molar-refractivity contribution in [1.82, 2.24) is 0 Å². The van der Waals surface area contributed by atoms with Gasteiger partial charge < -0.3 is 13.6 Å². The Kier molecular flexibility index (Phi) is 4.29. The number of furan rings is 2. The summed E-state index contributed by atoms with van der Waals surface area (Å²) in [6, 6.07) is 22.0. The van der Waals surface area contributed by atoms with Crippen LogP contribution in [0.5, 0.6) is 5.75 Å². The first kappa shape index (κ1) is 17.6. The first-order chi connectivity index (χ1) is 13.6. The highest BCUT2D eigenvalue weighted by atomic mass is 79.9. The van der Waals surface area contributed by atoms with Crippen LogP contribution in [-0.2, 0) is 0 Å². The first-order valence-corrected chi connectivity index (χ1v) is 10.3. The molecule has 0 N–H and O–H groups in total. The van der Waals surface area contributed by atoms with Crippen molar-refractivity contribution < 1.29 is 13.6 Å². The molecule has 28 heavy (non-hydrogen) atoms. The van der Waals surface area contributed by atoms with Gasteiger partial charge in [0.05, 0.1) is 17.9 Å². The summed E-state index contributed by atoms with van der Waals surface area (Å²) in [4.78, 5) is 0. The Bertz CT molecular complexity index is 1300. The van der Waals surface area contributed by atoms with Crippen molar-refractivity contribution >= 4 is 53.8 Å². The van der Waals surface area contributed by atoms with E-state index in [0.717, 1.165) is 59.3 Å². The van der Waals surface area contributed by atoms with E-state index in [-0.39, 0.29) is 0 Å². The van der Waals surface area contributed by atoms with E-state index >= 15 is 0 Å². The van der Waals surface area contributed by atoms with Gasteiger partial charge in [0, 0.05) is 26.1 Å². The van der Waals surface area contributed by atoms with Crippen molar-refractivity contribution in [1.29, 1.82) is 0 Å². The van der Waals surface area contributed by atoms with Crippen LogP contribution in [0.3, 0.4) is 0 Å². The molecule has 0 aliphatic carbocycles. The maximum atomic E-state index is 6.26. The quantitative estimate of drug-likeness (QED) is 0.253. The Labute approximate surface area is 178 Å². The van der Waals surface area contributed by atoms with E-state index in [1.54, 1.807) is 7.11 Å². The summed E-state index contributed by atoms with van der Waals surface area (Å²) in [7, 11) is 1.66. The Morgan fingerprint density at radius 2 is 1.21 bits per heavy atom. The summed E-state index contributed by atoms with van der Waals surface area (Å²) in [5.41, 5.74) is 3.51. The Morgan fingerprint density at radius 1 is 0.679 bits per heavy atom. The molecule has 0 spiro atoms. The van der Waals surface area contributed by atoms with Gasteiger partial charge in [-0.15, -0.1) is 0 Å². The number of ether oxygens (including phenoxy) is 1. The zero-order valence-electron chi connectivity index (χ0n) is 14.8. The number of halogens is 2. The second-order valence-corrected chi connectivity index (χ2v) is 8.30. The van der Waals surface area contributed by atoms with E-state index in [1.807, 2.05) is 66.7 Å². The maximum absolute atomic E-state index is 6.26. The van der Waals surface area contributed by atoms with Crippen LogP contribution < -0.4 is 4.74 Å². The van der Waals surface area contributed by atoms with Crippen molar-refractivity contribution in [3.05, 3.63) is 75.7 Å². The molecule has 0 radical (unpaired) electrons. The molecule has 0 saturated carbocycles. The maximum Gasteiger partial charge on any atom is 0.149 e. The Balaban J connectivity index is 1.73. The summed E-state index contributed by atoms with van der Waals surface area (Å²) < 4.78 is 20.0. The van der Waals surface area contributed by atoms with E-state index in [4.69, 9.17) is 13.6 Å². The SMILES string of the molecule is COc1cc2oc(-c3ccc(Br)cc3)cc2c2oc(-c3ccc(Br)cc3)cc12. The van der Waals surface area contributed by atoms with Gasteiger partial charge in [0.2, 0.25) is 0 Å². The number of benzene rings is 3. The minimum atomic E-state index is 0.728. The molecule has 0 saturated heterocycles. The van der Waals surface area contributed by atoms with Crippen LogP contribution in [0.15, 0.2) is 84.5 Å². The van der Waals surface area contributed by atoms with Crippen LogP contribution in [0.2, 0.25) is 0 Å². The van der Waals surface area contributed by atoms with Crippen molar-refractivity contribution in [2.24, 2.45) is 0 Å². The van der Waals surface area contributed by atoms with Crippen LogP contribution >= 0.6 is 31.9 Å². The van der Waals surface area contributed by atoms with Crippen molar-refractivity contribution in [2.75, 3.05) is 7.11 Å². The smallest absolute Gasteiger partial charge is 0.149 e. The van der Waals surface area contributed by atoms with Gasteiger partial charge in [-0.3, -0.25) is 0 Å². The van der Waals surface area contributed by atoms with Gasteiger partial charge in [-0.25, -0.2) is 0 Å². The van der Waals surface area contributed by atoms with Gasteiger partial charge in [0.15, 0.2) is 0 Å². The van der Waals surface area contributed by atoms with Gasteiger partial charge in [0.25, 0.3) is 0 Å². The molecule has 0 aliphatic rings. The molecular weight excluding hydrogens is 484 g/mol. The highest BCUT2D eigenvalue weighted by Crippen LogP contribution is 2.41. The molecule has 3 nitrogen and oxygen atoms in total.